The first-order valence-electron chi connectivity index (χ1n) is 7.41. The molecular weight excluding hydrogens is 338 g/mol. The molecule has 0 aliphatic heterocycles. The highest BCUT2D eigenvalue weighted by molar-refractivity contribution is 7.81. The predicted molar refractivity (Wildman–Crippen MR) is 88.9 cm³/mol. The quantitative estimate of drug-likeness (QED) is 0.666. The van der Waals surface area contributed by atoms with Gasteiger partial charge in [0.25, 0.3) is 0 Å². The van der Waals surface area contributed by atoms with Crippen LogP contribution in [-0.2, 0) is 30.0 Å². The predicted octanol–water partition coefficient (Wildman–Crippen LogP) is 2.12. The van der Waals surface area contributed by atoms with Crippen molar-refractivity contribution in [2.24, 2.45) is 0 Å². The number of carbonyl (C=O) groups is 1. The minimum atomic E-state index is -3.82. The molecule has 1 aromatic rings. The topological polar surface area (TPSA) is 102 Å². The van der Waals surface area contributed by atoms with Crippen LogP contribution in [0.1, 0.15) is 19.4 Å². The Morgan fingerprint density at radius 1 is 1.21 bits per heavy atom. The van der Waals surface area contributed by atoms with Crippen LogP contribution in [0.15, 0.2) is 30.3 Å². The molecule has 1 N–H and O–H groups in total. The standard InChI is InChI=1S/C12H19NO4S.C3H6O3/c1-3-13(9-10-17-18(14,15)16-2)11-12-7-5-4-6-8-12;1-2-6-3(4)5/h4-8H,3,9-11H2,1-2H3;2H2,1H3,(H,4,5). The van der Waals surface area contributed by atoms with E-state index >= 15 is 0 Å². The summed E-state index contributed by atoms with van der Waals surface area (Å²) in [6.45, 7) is 6.10. The molecule has 9 heteroatoms. The van der Waals surface area contributed by atoms with Crippen molar-refractivity contribution in [3.8, 4) is 0 Å². The number of hydrogen-bond donors (Lipinski definition) is 1. The summed E-state index contributed by atoms with van der Waals surface area (Å²) in [4.78, 5) is 11.5. The van der Waals surface area contributed by atoms with Crippen LogP contribution in [0.2, 0.25) is 0 Å². The van der Waals surface area contributed by atoms with Gasteiger partial charge in [-0.1, -0.05) is 37.3 Å². The van der Waals surface area contributed by atoms with Crippen molar-refractivity contribution in [3.63, 3.8) is 0 Å². The number of carboxylic acid groups (broad SMARTS) is 1. The van der Waals surface area contributed by atoms with E-state index in [1.54, 1.807) is 6.92 Å². The van der Waals surface area contributed by atoms with E-state index in [2.05, 4.69) is 18.0 Å². The lowest BCUT2D eigenvalue weighted by Crippen LogP contribution is -2.28. The van der Waals surface area contributed by atoms with E-state index in [9.17, 15) is 13.2 Å². The highest BCUT2D eigenvalue weighted by Gasteiger charge is 2.10. The molecule has 0 fully saturated rings. The van der Waals surface area contributed by atoms with Crippen molar-refractivity contribution in [2.45, 2.75) is 20.4 Å². The lowest BCUT2D eigenvalue weighted by molar-refractivity contribution is 0.0966. The summed E-state index contributed by atoms with van der Waals surface area (Å²) < 4.78 is 34.7. The Labute approximate surface area is 143 Å². The maximum absolute atomic E-state index is 11.0. The van der Waals surface area contributed by atoms with Gasteiger partial charge in [0.05, 0.1) is 20.3 Å². The molecule has 0 radical (unpaired) electrons. The molecule has 0 aliphatic carbocycles. The van der Waals surface area contributed by atoms with Gasteiger partial charge in [0.2, 0.25) is 0 Å². The van der Waals surface area contributed by atoms with E-state index in [0.29, 0.717) is 6.54 Å². The smallest absolute Gasteiger partial charge is 0.450 e. The molecular formula is C15H25NO7S. The van der Waals surface area contributed by atoms with Gasteiger partial charge in [0, 0.05) is 13.1 Å². The van der Waals surface area contributed by atoms with Crippen LogP contribution in [0.3, 0.4) is 0 Å². The Morgan fingerprint density at radius 3 is 2.25 bits per heavy atom. The molecule has 0 aromatic heterocycles. The van der Waals surface area contributed by atoms with Crippen molar-refractivity contribution in [3.05, 3.63) is 35.9 Å². The van der Waals surface area contributed by atoms with Crippen molar-refractivity contribution in [2.75, 3.05) is 33.4 Å². The van der Waals surface area contributed by atoms with Crippen molar-refractivity contribution < 1.29 is 31.4 Å². The lowest BCUT2D eigenvalue weighted by atomic mass is 10.2. The second kappa shape index (κ2) is 12.7. The average Bonchev–Trinajstić information content (AvgIpc) is 2.55. The fraction of sp³-hybridized carbons (Fsp3) is 0.533. The lowest BCUT2D eigenvalue weighted by Gasteiger charge is -2.19. The molecule has 0 spiro atoms. The number of likely N-dealkylation sites (N-methyl/N-ethyl adjacent to an activating group) is 1. The monoisotopic (exact) mass is 363 g/mol. The van der Waals surface area contributed by atoms with E-state index in [-0.39, 0.29) is 13.2 Å². The zero-order chi connectivity index (χ0) is 18.4. The average molecular weight is 363 g/mol. The molecule has 1 aromatic carbocycles. The summed E-state index contributed by atoms with van der Waals surface area (Å²) in [6, 6.07) is 10.0. The van der Waals surface area contributed by atoms with Crippen LogP contribution >= 0.6 is 0 Å². The van der Waals surface area contributed by atoms with Gasteiger partial charge in [-0.05, 0) is 19.0 Å². The SMILES string of the molecule is CCN(CCOS(=O)(=O)OC)Cc1ccccc1.CCOC(=O)O. The summed E-state index contributed by atoms with van der Waals surface area (Å²) in [7, 11) is -2.74. The molecule has 0 atom stereocenters. The van der Waals surface area contributed by atoms with Crippen LogP contribution in [0.25, 0.3) is 0 Å². The van der Waals surface area contributed by atoms with Crippen molar-refractivity contribution in [1.29, 1.82) is 0 Å². The minimum Gasteiger partial charge on any atom is -0.450 e. The van der Waals surface area contributed by atoms with Gasteiger partial charge in [-0.15, -0.1) is 0 Å². The van der Waals surface area contributed by atoms with Gasteiger partial charge in [-0.2, -0.15) is 8.42 Å². The normalized spacial score (nSPS) is 10.8. The Bertz CT molecular complexity index is 548. The Balaban J connectivity index is 0.000000754. The van der Waals surface area contributed by atoms with Crippen molar-refractivity contribution in [1.82, 2.24) is 4.90 Å². The molecule has 0 bridgehead atoms. The third-order valence-corrected chi connectivity index (χ3v) is 3.67. The summed E-state index contributed by atoms with van der Waals surface area (Å²) in [5.74, 6) is 0. The number of hydrogen-bond acceptors (Lipinski definition) is 7. The number of benzene rings is 1. The second-order valence-electron chi connectivity index (χ2n) is 4.45. The van der Waals surface area contributed by atoms with Crippen LogP contribution in [0.4, 0.5) is 4.79 Å². The van der Waals surface area contributed by atoms with Crippen LogP contribution in [0.5, 0.6) is 0 Å². The van der Waals surface area contributed by atoms with Gasteiger partial charge >= 0.3 is 16.6 Å². The van der Waals surface area contributed by atoms with E-state index in [4.69, 9.17) is 5.11 Å². The summed E-state index contributed by atoms with van der Waals surface area (Å²) in [5, 5.41) is 7.69. The Kier molecular flexibility index (Phi) is 11.8. The van der Waals surface area contributed by atoms with Gasteiger partial charge in [-0.3, -0.25) is 9.08 Å². The van der Waals surface area contributed by atoms with E-state index in [1.165, 1.54) is 5.56 Å². The molecule has 0 unspecified atom stereocenters. The summed E-state index contributed by atoms with van der Waals surface area (Å²) in [5.41, 5.74) is 1.19. The zero-order valence-corrected chi connectivity index (χ0v) is 15.0. The molecule has 0 saturated carbocycles. The second-order valence-corrected chi connectivity index (χ2v) is 5.84. The highest BCUT2D eigenvalue weighted by atomic mass is 32.3. The summed E-state index contributed by atoms with van der Waals surface area (Å²) in [6.07, 6.45) is -1.21. The molecule has 1 rings (SSSR count). The van der Waals surface area contributed by atoms with E-state index in [1.807, 2.05) is 37.3 Å². The Morgan fingerprint density at radius 2 is 1.83 bits per heavy atom. The third-order valence-electron chi connectivity index (χ3n) is 2.80. The van der Waals surface area contributed by atoms with Crippen molar-refractivity contribution >= 4 is 16.6 Å². The fourth-order valence-corrected chi connectivity index (χ4v) is 2.01. The first-order valence-corrected chi connectivity index (χ1v) is 8.74. The molecule has 0 saturated heterocycles. The highest BCUT2D eigenvalue weighted by Crippen LogP contribution is 2.04. The molecule has 0 aliphatic rings. The van der Waals surface area contributed by atoms with Gasteiger partial charge in [-0.25, -0.2) is 8.98 Å². The summed E-state index contributed by atoms with van der Waals surface area (Å²) >= 11 is 0. The third kappa shape index (κ3) is 11.8. The van der Waals surface area contributed by atoms with E-state index < -0.39 is 16.6 Å². The maximum Gasteiger partial charge on any atom is 0.505 e. The van der Waals surface area contributed by atoms with Crippen LogP contribution in [-0.4, -0.2) is 58.0 Å². The van der Waals surface area contributed by atoms with Crippen LogP contribution in [0, 0.1) is 0 Å². The number of rotatable bonds is 9. The maximum atomic E-state index is 11.0. The first-order chi connectivity index (χ1) is 11.3. The van der Waals surface area contributed by atoms with Gasteiger partial charge in [0.15, 0.2) is 0 Å². The largest absolute Gasteiger partial charge is 0.505 e. The molecule has 0 heterocycles. The fourth-order valence-electron chi connectivity index (χ4n) is 1.63. The first kappa shape index (κ1) is 22.3. The van der Waals surface area contributed by atoms with E-state index in [0.717, 1.165) is 20.2 Å². The zero-order valence-electron chi connectivity index (χ0n) is 14.2. The molecule has 0 amide bonds. The molecule has 24 heavy (non-hydrogen) atoms. The Hall–Kier alpha value is -1.68. The minimum absolute atomic E-state index is 0.0941. The van der Waals surface area contributed by atoms with Crippen LogP contribution < -0.4 is 0 Å². The molecule has 138 valence electrons. The number of ether oxygens (including phenoxy) is 1. The van der Waals surface area contributed by atoms with Gasteiger partial charge in [0.1, 0.15) is 0 Å². The van der Waals surface area contributed by atoms with Gasteiger partial charge < -0.3 is 9.84 Å². The number of nitrogens with zero attached hydrogens (tertiary/aromatic N) is 1. The molecule has 8 nitrogen and oxygen atoms in total.